The van der Waals surface area contributed by atoms with Crippen LogP contribution in [0.15, 0.2) is 77.6 Å². The summed E-state index contributed by atoms with van der Waals surface area (Å²) in [5, 5.41) is 7.45. The molecule has 40 heavy (non-hydrogen) atoms. The lowest BCUT2D eigenvalue weighted by Gasteiger charge is -2.22. The van der Waals surface area contributed by atoms with Crippen molar-refractivity contribution < 1.29 is 23.5 Å². The molecule has 0 saturated carbocycles. The van der Waals surface area contributed by atoms with Gasteiger partial charge < -0.3 is 9.47 Å². The van der Waals surface area contributed by atoms with Crippen LogP contribution in [-0.2, 0) is 11.3 Å². The van der Waals surface area contributed by atoms with Crippen molar-refractivity contribution in [2.45, 2.75) is 26.4 Å². The first kappa shape index (κ1) is 28.6. The van der Waals surface area contributed by atoms with Gasteiger partial charge in [0.25, 0.3) is 0 Å². The fraction of sp³-hybridized carbons (Fsp3) is 0.250. The van der Waals surface area contributed by atoms with Crippen molar-refractivity contribution in [1.29, 1.82) is 0 Å². The second-order valence-electron chi connectivity index (χ2n) is 8.59. The van der Waals surface area contributed by atoms with Crippen LogP contribution in [0, 0.1) is 5.82 Å². The Hall–Kier alpha value is -4.45. The van der Waals surface area contributed by atoms with E-state index in [1.807, 2.05) is 30.3 Å². The average Bonchev–Trinajstić information content (AvgIpc) is 3.36. The first-order valence-corrected chi connectivity index (χ1v) is 13.7. The Labute approximate surface area is 234 Å². The lowest BCUT2D eigenvalue weighted by Crippen LogP contribution is -2.41. The molecule has 0 saturated heterocycles. The summed E-state index contributed by atoms with van der Waals surface area (Å²) < 4.78 is 26.4. The minimum Gasteiger partial charge on any atom is -0.494 e. The summed E-state index contributed by atoms with van der Waals surface area (Å²) in [6.45, 7) is 2.15. The molecule has 4 aromatic rings. The normalized spacial score (nSPS) is 10.8. The molecule has 1 heterocycles. The molecule has 1 amide bonds. The molecule has 1 aromatic heterocycles. The molecule has 12 heteroatoms. The molecule has 0 spiro atoms. The molecule has 0 fully saturated rings. The molecular weight excluding hydrogens is 537 g/mol. The van der Waals surface area contributed by atoms with Crippen LogP contribution < -0.4 is 15.3 Å². The number of rotatable bonds is 11. The Balaban J connectivity index is 1.63. The Morgan fingerprint density at radius 2 is 1.80 bits per heavy atom. The highest BCUT2D eigenvalue weighted by atomic mass is 32.2. The summed E-state index contributed by atoms with van der Waals surface area (Å²) in [6.07, 6.45) is 1.91. The number of benzene rings is 3. The van der Waals surface area contributed by atoms with Gasteiger partial charge in [0.15, 0.2) is 5.82 Å². The van der Waals surface area contributed by atoms with Crippen molar-refractivity contribution in [1.82, 2.24) is 19.8 Å². The predicted molar refractivity (Wildman–Crippen MR) is 150 cm³/mol. The first-order valence-electron chi connectivity index (χ1n) is 12.5. The molecule has 0 atom stereocenters. The monoisotopic (exact) mass is 565 g/mol. The minimum atomic E-state index is -0.976. The van der Waals surface area contributed by atoms with Crippen molar-refractivity contribution in [3.05, 3.63) is 100 Å². The molecule has 0 N–H and O–H groups in total. The van der Waals surface area contributed by atoms with Gasteiger partial charge in [0.05, 0.1) is 18.6 Å². The van der Waals surface area contributed by atoms with Crippen LogP contribution in [0.4, 0.5) is 14.9 Å². The SMILES string of the molecule is CCCCSCN(C(=O)n1nnn(-c2c(F)cccc2OC)c1=O)c1cccc(C(=O)OCc2ccccc2)c1. The molecule has 0 bridgehead atoms. The molecule has 0 aliphatic rings. The van der Waals surface area contributed by atoms with Gasteiger partial charge in [-0.1, -0.05) is 55.8 Å². The first-order chi connectivity index (χ1) is 19.4. The number of carbonyl (C=O) groups excluding carboxylic acids is 2. The molecular formula is C28H28FN5O5S. The van der Waals surface area contributed by atoms with Gasteiger partial charge in [-0.25, -0.2) is 18.8 Å². The van der Waals surface area contributed by atoms with E-state index in [-0.39, 0.29) is 29.5 Å². The van der Waals surface area contributed by atoms with Crippen molar-refractivity contribution >= 4 is 29.4 Å². The van der Waals surface area contributed by atoms with Gasteiger partial charge in [0.1, 0.15) is 18.0 Å². The number of thioether (sulfide) groups is 1. The zero-order valence-electron chi connectivity index (χ0n) is 22.0. The second-order valence-corrected chi connectivity index (χ2v) is 9.66. The lowest BCUT2D eigenvalue weighted by atomic mass is 10.2. The van der Waals surface area contributed by atoms with Crippen LogP contribution in [0.2, 0.25) is 0 Å². The van der Waals surface area contributed by atoms with Gasteiger partial charge in [0, 0.05) is 5.69 Å². The van der Waals surface area contributed by atoms with Gasteiger partial charge >= 0.3 is 17.7 Å². The third-order valence-corrected chi connectivity index (χ3v) is 6.86. The number of nitrogens with zero attached hydrogens (tertiary/aromatic N) is 5. The Morgan fingerprint density at radius 1 is 1.02 bits per heavy atom. The van der Waals surface area contributed by atoms with Gasteiger partial charge in [-0.05, 0) is 58.5 Å². The van der Waals surface area contributed by atoms with Gasteiger partial charge in [-0.3, -0.25) is 4.90 Å². The van der Waals surface area contributed by atoms with Crippen LogP contribution in [-0.4, -0.2) is 50.5 Å². The smallest absolute Gasteiger partial charge is 0.377 e. The number of hydrogen-bond acceptors (Lipinski definition) is 8. The van der Waals surface area contributed by atoms with Crippen molar-refractivity contribution in [2.24, 2.45) is 0 Å². The van der Waals surface area contributed by atoms with Crippen LogP contribution in [0.1, 0.15) is 35.7 Å². The predicted octanol–water partition coefficient (Wildman–Crippen LogP) is 4.90. The maximum atomic E-state index is 14.6. The van der Waals surface area contributed by atoms with E-state index in [1.165, 1.54) is 42.0 Å². The molecule has 0 aliphatic carbocycles. The molecule has 4 rings (SSSR count). The summed E-state index contributed by atoms with van der Waals surface area (Å²) in [5.41, 5.74) is 0.187. The summed E-state index contributed by atoms with van der Waals surface area (Å²) in [4.78, 5) is 40.9. The quantitative estimate of drug-likeness (QED) is 0.109. The number of aromatic nitrogens is 4. The fourth-order valence-corrected chi connectivity index (χ4v) is 4.80. The zero-order valence-corrected chi connectivity index (χ0v) is 22.8. The Bertz CT molecular complexity index is 1530. The fourth-order valence-electron chi connectivity index (χ4n) is 3.74. The van der Waals surface area contributed by atoms with Crippen molar-refractivity contribution in [3.63, 3.8) is 0 Å². The summed E-state index contributed by atoms with van der Waals surface area (Å²) in [5.74, 6) is -0.340. The highest BCUT2D eigenvalue weighted by Gasteiger charge is 2.26. The maximum Gasteiger partial charge on any atom is 0.377 e. The number of para-hydroxylation sites is 1. The third-order valence-electron chi connectivity index (χ3n) is 5.84. The number of tetrazole rings is 1. The number of anilines is 1. The van der Waals surface area contributed by atoms with E-state index in [0.29, 0.717) is 15.1 Å². The number of methoxy groups -OCH3 is 1. The average molecular weight is 566 g/mol. The number of amides is 1. The molecule has 3 aromatic carbocycles. The maximum absolute atomic E-state index is 14.6. The minimum absolute atomic E-state index is 0.0512. The largest absolute Gasteiger partial charge is 0.494 e. The Kier molecular flexibility index (Phi) is 9.68. The third kappa shape index (κ3) is 6.57. The number of esters is 1. The van der Waals surface area contributed by atoms with Crippen molar-refractivity contribution in [2.75, 3.05) is 23.6 Å². The van der Waals surface area contributed by atoms with Gasteiger partial charge in [-0.2, -0.15) is 4.68 Å². The number of carbonyl (C=O) groups is 2. The summed E-state index contributed by atoms with van der Waals surface area (Å²) in [7, 11) is 1.33. The standard InChI is InChI=1S/C28H28FN5O5S/c1-3-4-16-40-19-32(22-13-8-12-21(17-22)26(35)39-18-20-10-6-5-7-11-20)27(36)34-28(37)33(30-31-34)25-23(29)14-9-15-24(25)38-2/h5-15,17H,3-4,16,18-19H2,1-2H3. The van der Waals surface area contributed by atoms with Crippen LogP contribution >= 0.6 is 11.8 Å². The van der Waals surface area contributed by atoms with E-state index in [9.17, 15) is 18.8 Å². The highest BCUT2D eigenvalue weighted by molar-refractivity contribution is 7.99. The topological polar surface area (TPSA) is 109 Å². The van der Waals surface area contributed by atoms with E-state index in [4.69, 9.17) is 9.47 Å². The highest BCUT2D eigenvalue weighted by Crippen LogP contribution is 2.24. The number of unbranched alkanes of at least 4 members (excludes halogenated alkanes) is 1. The van der Waals surface area contributed by atoms with Crippen LogP contribution in [0.5, 0.6) is 5.75 Å². The van der Waals surface area contributed by atoms with Gasteiger partial charge in [0.2, 0.25) is 0 Å². The van der Waals surface area contributed by atoms with E-state index < -0.39 is 23.5 Å². The van der Waals surface area contributed by atoms with E-state index in [0.717, 1.165) is 30.2 Å². The zero-order chi connectivity index (χ0) is 28.5. The number of ether oxygens (including phenoxy) is 2. The summed E-state index contributed by atoms with van der Waals surface area (Å²) in [6, 6.07) is 18.8. The number of hydrogen-bond donors (Lipinski definition) is 0. The molecule has 0 aliphatic heterocycles. The summed E-state index contributed by atoms with van der Waals surface area (Å²) >= 11 is 1.48. The molecule has 208 valence electrons. The lowest BCUT2D eigenvalue weighted by molar-refractivity contribution is 0.0472. The number of halogens is 1. The molecule has 0 unspecified atom stereocenters. The van der Waals surface area contributed by atoms with Crippen LogP contribution in [0.25, 0.3) is 5.69 Å². The van der Waals surface area contributed by atoms with Crippen LogP contribution in [0.3, 0.4) is 0 Å². The van der Waals surface area contributed by atoms with E-state index in [2.05, 4.69) is 17.4 Å². The molecule has 10 nitrogen and oxygen atoms in total. The van der Waals surface area contributed by atoms with Crippen molar-refractivity contribution in [3.8, 4) is 11.4 Å². The Morgan fingerprint density at radius 3 is 2.55 bits per heavy atom. The van der Waals surface area contributed by atoms with E-state index >= 15 is 0 Å². The van der Waals surface area contributed by atoms with E-state index in [1.54, 1.807) is 18.2 Å². The second kappa shape index (κ2) is 13.6. The van der Waals surface area contributed by atoms with Gasteiger partial charge in [-0.15, -0.1) is 16.4 Å². The molecule has 0 radical (unpaired) electrons.